The molecule has 4 rings (SSSR count). The van der Waals surface area contributed by atoms with Crippen molar-refractivity contribution in [1.29, 1.82) is 0 Å². The molecule has 3 heterocycles. The zero-order valence-corrected chi connectivity index (χ0v) is 14.0. The molecular weight excluding hydrogens is 314 g/mol. The number of nitrogens with zero attached hydrogens (tertiary/aromatic N) is 3. The predicted molar refractivity (Wildman–Crippen MR) is 96.0 cm³/mol. The average molecular weight is 335 g/mol. The lowest BCUT2D eigenvalue weighted by Gasteiger charge is -2.26. The van der Waals surface area contributed by atoms with E-state index in [9.17, 15) is 4.79 Å². The highest BCUT2D eigenvalue weighted by molar-refractivity contribution is 6.05. The first-order valence-electron chi connectivity index (χ1n) is 8.62. The number of benzene rings is 1. The van der Waals surface area contributed by atoms with Crippen molar-refractivity contribution in [3.05, 3.63) is 60.0 Å². The van der Waals surface area contributed by atoms with Crippen LogP contribution in [0.5, 0.6) is 0 Å². The Labute approximate surface area is 146 Å². The number of carbonyl (C=O) groups excluding carboxylic acids is 1. The summed E-state index contributed by atoms with van der Waals surface area (Å²) in [5, 5.41) is 11.4. The summed E-state index contributed by atoms with van der Waals surface area (Å²) in [4.78, 5) is 19.4. The van der Waals surface area contributed by atoms with Crippen LogP contribution in [0.1, 0.15) is 22.3 Å². The van der Waals surface area contributed by atoms with Crippen LogP contribution in [-0.4, -0.2) is 45.6 Å². The highest BCUT2D eigenvalue weighted by atomic mass is 16.2. The Morgan fingerprint density at radius 3 is 3.00 bits per heavy atom. The molecule has 6 heteroatoms. The molecule has 0 radical (unpaired) electrons. The van der Waals surface area contributed by atoms with Gasteiger partial charge in [-0.25, -0.2) is 0 Å². The molecule has 1 unspecified atom stereocenters. The van der Waals surface area contributed by atoms with Crippen molar-refractivity contribution >= 4 is 16.8 Å². The molecule has 0 saturated carbocycles. The largest absolute Gasteiger partial charge is 0.334 e. The fourth-order valence-electron chi connectivity index (χ4n) is 3.43. The number of pyridine rings is 1. The number of fused-ring (bicyclic) bond motifs is 1. The highest BCUT2D eigenvalue weighted by Crippen LogP contribution is 2.20. The summed E-state index contributed by atoms with van der Waals surface area (Å²) in [6.07, 6.45) is 6.43. The molecule has 3 aromatic rings. The van der Waals surface area contributed by atoms with Gasteiger partial charge in [0.2, 0.25) is 0 Å². The van der Waals surface area contributed by atoms with E-state index >= 15 is 0 Å². The summed E-state index contributed by atoms with van der Waals surface area (Å²) < 4.78 is 0. The first-order chi connectivity index (χ1) is 12.3. The van der Waals surface area contributed by atoms with E-state index in [4.69, 9.17) is 0 Å². The normalized spacial score (nSPS) is 17.0. The van der Waals surface area contributed by atoms with Crippen LogP contribution in [0.3, 0.4) is 0 Å². The third-order valence-electron chi connectivity index (χ3n) is 4.73. The highest BCUT2D eigenvalue weighted by Gasteiger charge is 2.24. The van der Waals surface area contributed by atoms with Gasteiger partial charge in [-0.15, -0.1) is 0 Å². The third-order valence-corrected chi connectivity index (χ3v) is 4.73. The summed E-state index contributed by atoms with van der Waals surface area (Å²) in [5.41, 5.74) is 2.51. The quantitative estimate of drug-likeness (QED) is 0.750. The molecule has 0 aliphatic carbocycles. The maximum atomic E-state index is 13.3. The van der Waals surface area contributed by atoms with Gasteiger partial charge in [0.1, 0.15) is 0 Å². The van der Waals surface area contributed by atoms with Crippen LogP contribution in [0.25, 0.3) is 10.9 Å². The Morgan fingerprint density at radius 1 is 1.24 bits per heavy atom. The molecule has 1 aliphatic heterocycles. The molecule has 2 aromatic heterocycles. The lowest BCUT2D eigenvalue weighted by Crippen LogP contribution is -2.35. The molecule has 6 nitrogen and oxygen atoms in total. The van der Waals surface area contributed by atoms with Crippen LogP contribution >= 0.6 is 0 Å². The van der Waals surface area contributed by atoms with Crippen LogP contribution in [0.4, 0.5) is 0 Å². The molecule has 128 valence electrons. The van der Waals surface area contributed by atoms with Crippen LogP contribution in [0.2, 0.25) is 0 Å². The predicted octanol–water partition coefficient (Wildman–Crippen LogP) is 2.21. The standard InChI is InChI=1S/C19H21N5O/c25-19(17-5-1-4-16-11-22-23-18(16)17)24(13-15-6-8-21-10-15)12-14-3-2-7-20-9-14/h1-5,7,9,11,15,21H,6,8,10,12-13H2,(H,22,23). The summed E-state index contributed by atoms with van der Waals surface area (Å²) in [6, 6.07) is 9.65. The number of amides is 1. The van der Waals surface area contributed by atoms with Gasteiger partial charge in [0.05, 0.1) is 17.3 Å². The molecule has 1 atom stereocenters. The lowest BCUT2D eigenvalue weighted by molar-refractivity contribution is 0.0720. The van der Waals surface area contributed by atoms with Gasteiger partial charge in [-0.3, -0.25) is 14.9 Å². The van der Waals surface area contributed by atoms with Gasteiger partial charge < -0.3 is 10.2 Å². The Hall–Kier alpha value is -2.73. The Balaban J connectivity index is 1.63. The minimum atomic E-state index is 0.0330. The number of H-pyrrole nitrogens is 1. The van der Waals surface area contributed by atoms with Crippen molar-refractivity contribution in [1.82, 2.24) is 25.4 Å². The van der Waals surface area contributed by atoms with E-state index in [0.29, 0.717) is 18.0 Å². The molecule has 0 spiro atoms. The van der Waals surface area contributed by atoms with Crippen LogP contribution < -0.4 is 5.32 Å². The molecule has 0 bridgehead atoms. The van der Waals surface area contributed by atoms with Gasteiger partial charge in [-0.05, 0) is 43.1 Å². The number of para-hydroxylation sites is 1. The van der Waals surface area contributed by atoms with Gasteiger partial charge in [0.15, 0.2) is 0 Å². The van der Waals surface area contributed by atoms with Crippen molar-refractivity contribution in [2.45, 2.75) is 13.0 Å². The van der Waals surface area contributed by atoms with Gasteiger partial charge in [-0.2, -0.15) is 5.10 Å². The van der Waals surface area contributed by atoms with Crippen molar-refractivity contribution in [3.8, 4) is 0 Å². The number of carbonyl (C=O) groups is 1. The minimum absolute atomic E-state index is 0.0330. The Morgan fingerprint density at radius 2 is 2.20 bits per heavy atom. The van der Waals surface area contributed by atoms with Gasteiger partial charge in [-0.1, -0.05) is 18.2 Å². The second-order valence-corrected chi connectivity index (χ2v) is 6.55. The van der Waals surface area contributed by atoms with E-state index in [1.807, 2.05) is 41.4 Å². The van der Waals surface area contributed by atoms with E-state index < -0.39 is 0 Å². The van der Waals surface area contributed by atoms with Crippen molar-refractivity contribution < 1.29 is 4.79 Å². The monoisotopic (exact) mass is 335 g/mol. The maximum absolute atomic E-state index is 13.3. The fourth-order valence-corrected chi connectivity index (χ4v) is 3.43. The molecule has 1 aromatic carbocycles. The fraction of sp³-hybridized carbons (Fsp3) is 0.316. The number of aromatic nitrogens is 3. The van der Waals surface area contributed by atoms with Crippen molar-refractivity contribution in [3.63, 3.8) is 0 Å². The van der Waals surface area contributed by atoms with E-state index in [0.717, 1.165) is 42.5 Å². The molecule has 1 fully saturated rings. The zero-order valence-electron chi connectivity index (χ0n) is 14.0. The summed E-state index contributed by atoms with van der Waals surface area (Å²) in [5.74, 6) is 0.521. The molecule has 1 aliphatic rings. The van der Waals surface area contributed by atoms with Crippen LogP contribution in [-0.2, 0) is 6.54 Å². The smallest absolute Gasteiger partial charge is 0.256 e. The minimum Gasteiger partial charge on any atom is -0.334 e. The van der Waals surface area contributed by atoms with Crippen molar-refractivity contribution in [2.75, 3.05) is 19.6 Å². The van der Waals surface area contributed by atoms with E-state index in [2.05, 4.69) is 20.5 Å². The Bertz CT molecular complexity index is 854. The molecular formula is C19H21N5O. The van der Waals surface area contributed by atoms with Gasteiger partial charge in [0.25, 0.3) is 5.91 Å². The molecule has 25 heavy (non-hydrogen) atoms. The number of rotatable bonds is 5. The maximum Gasteiger partial charge on any atom is 0.256 e. The zero-order chi connectivity index (χ0) is 17.1. The second kappa shape index (κ2) is 7.03. The van der Waals surface area contributed by atoms with Gasteiger partial charge in [0, 0.05) is 30.9 Å². The van der Waals surface area contributed by atoms with Crippen LogP contribution in [0, 0.1) is 5.92 Å². The van der Waals surface area contributed by atoms with Crippen molar-refractivity contribution in [2.24, 2.45) is 5.92 Å². The third kappa shape index (κ3) is 3.39. The van der Waals surface area contributed by atoms with E-state index in [1.165, 1.54) is 0 Å². The number of nitrogens with one attached hydrogen (secondary N) is 2. The SMILES string of the molecule is O=C(c1cccc2cn[nH]c12)N(Cc1cccnc1)CC1CCNC1. The Kier molecular flexibility index (Phi) is 4.43. The van der Waals surface area contributed by atoms with E-state index in [1.54, 1.807) is 12.4 Å². The number of hydrogen-bond acceptors (Lipinski definition) is 4. The van der Waals surface area contributed by atoms with Crippen LogP contribution in [0.15, 0.2) is 48.9 Å². The lowest BCUT2D eigenvalue weighted by atomic mass is 10.1. The van der Waals surface area contributed by atoms with E-state index in [-0.39, 0.29) is 5.91 Å². The molecule has 1 saturated heterocycles. The number of aromatic amines is 1. The first kappa shape index (κ1) is 15.8. The summed E-state index contributed by atoms with van der Waals surface area (Å²) in [7, 11) is 0. The average Bonchev–Trinajstić information content (AvgIpc) is 3.32. The summed E-state index contributed by atoms with van der Waals surface area (Å²) >= 11 is 0. The number of hydrogen-bond donors (Lipinski definition) is 2. The topological polar surface area (TPSA) is 73.9 Å². The van der Waals surface area contributed by atoms with Gasteiger partial charge >= 0.3 is 0 Å². The second-order valence-electron chi connectivity index (χ2n) is 6.55. The summed E-state index contributed by atoms with van der Waals surface area (Å²) in [6.45, 7) is 3.29. The first-order valence-corrected chi connectivity index (χ1v) is 8.62. The molecule has 1 amide bonds. The molecule has 2 N–H and O–H groups in total.